The predicted molar refractivity (Wildman–Crippen MR) is 109 cm³/mol. The van der Waals surface area contributed by atoms with Crippen molar-refractivity contribution in [1.29, 1.82) is 0 Å². The quantitative estimate of drug-likeness (QED) is 0.287. The largest absolute Gasteiger partial charge is 0.463 e. The number of hydrogen-bond acceptors (Lipinski definition) is 14. The van der Waals surface area contributed by atoms with Crippen LogP contribution in [0, 0.1) is 0 Å². The van der Waals surface area contributed by atoms with Crippen LogP contribution in [0.4, 0.5) is 0 Å². The SMILES string of the molecule is CO[C@@H]1OC[C@H](O[C@@H]2O[C@H](COC(C)=O)[C@H](OC(C)=O)[C@@H]2OC(C)=O)[C@H](OC(C)=O)[C@H]1OC(C)=O. The molecule has 2 aliphatic rings. The highest BCUT2D eigenvalue weighted by Crippen LogP contribution is 2.32. The van der Waals surface area contributed by atoms with Crippen molar-refractivity contribution < 1.29 is 66.6 Å². The Labute approximate surface area is 201 Å². The van der Waals surface area contributed by atoms with Crippen LogP contribution in [0.1, 0.15) is 34.6 Å². The minimum Gasteiger partial charge on any atom is -0.463 e. The average Bonchev–Trinajstić information content (AvgIpc) is 3.03. The Balaban J connectivity index is 2.34. The monoisotopic (exact) mass is 506 g/mol. The molecule has 0 saturated carbocycles. The summed E-state index contributed by atoms with van der Waals surface area (Å²) >= 11 is 0. The van der Waals surface area contributed by atoms with Gasteiger partial charge in [0.25, 0.3) is 0 Å². The Bertz CT molecular complexity index is 797. The number of rotatable bonds is 9. The lowest BCUT2D eigenvalue weighted by Gasteiger charge is -2.41. The van der Waals surface area contributed by atoms with E-state index in [0.29, 0.717) is 0 Å². The average molecular weight is 506 g/mol. The van der Waals surface area contributed by atoms with Crippen molar-refractivity contribution in [2.24, 2.45) is 0 Å². The molecule has 14 heteroatoms. The van der Waals surface area contributed by atoms with Gasteiger partial charge in [0.2, 0.25) is 0 Å². The zero-order chi connectivity index (χ0) is 26.3. The molecule has 0 unspecified atom stereocenters. The third-order valence-corrected chi connectivity index (χ3v) is 4.85. The van der Waals surface area contributed by atoms with Crippen LogP contribution in [0.3, 0.4) is 0 Å². The van der Waals surface area contributed by atoms with Gasteiger partial charge in [-0.2, -0.15) is 0 Å². The van der Waals surface area contributed by atoms with Crippen LogP contribution in [0.2, 0.25) is 0 Å². The zero-order valence-electron chi connectivity index (χ0n) is 20.2. The van der Waals surface area contributed by atoms with Crippen LogP contribution < -0.4 is 0 Å². The first-order valence-electron chi connectivity index (χ1n) is 10.7. The van der Waals surface area contributed by atoms with Crippen LogP contribution in [0.5, 0.6) is 0 Å². The van der Waals surface area contributed by atoms with E-state index in [4.69, 9.17) is 42.6 Å². The van der Waals surface area contributed by atoms with E-state index in [1.807, 2.05) is 0 Å². The molecule has 0 bridgehead atoms. The molecule has 0 aromatic carbocycles. The second-order valence-electron chi connectivity index (χ2n) is 7.75. The normalized spacial score (nSPS) is 32.3. The molecular weight excluding hydrogens is 476 g/mol. The van der Waals surface area contributed by atoms with Gasteiger partial charge in [-0.25, -0.2) is 0 Å². The Morgan fingerprint density at radius 3 is 1.66 bits per heavy atom. The van der Waals surface area contributed by atoms with Gasteiger partial charge in [-0.1, -0.05) is 0 Å². The third-order valence-electron chi connectivity index (χ3n) is 4.85. The molecular formula is C21H30O14. The first-order valence-corrected chi connectivity index (χ1v) is 10.7. The summed E-state index contributed by atoms with van der Waals surface area (Å²) in [5, 5.41) is 0. The smallest absolute Gasteiger partial charge is 0.303 e. The second-order valence-corrected chi connectivity index (χ2v) is 7.75. The van der Waals surface area contributed by atoms with Gasteiger partial charge in [-0.3, -0.25) is 24.0 Å². The fourth-order valence-corrected chi connectivity index (χ4v) is 3.67. The lowest BCUT2D eigenvalue weighted by molar-refractivity contribution is -0.303. The van der Waals surface area contributed by atoms with Crippen LogP contribution in [-0.4, -0.2) is 99.4 Å². The number of carbonyl (C=O) groups excluding carboxylic acids is 5. The zero-order valence-corrected chi connectivity index (χ0v) is 20.2. The topological polar surface area (TPSA) is 168 Å². The molecule has 0 radical (unpaired) electrons. The Kier molecular flexibility index (Phi) is 10.4. The summed E-state index contributed by atoms with van der Waals surface area (Å²) in [5.74, 6) is -3.45. The van der Waals surface area contributed by atoms with Gasteiger partial charge < -0.3 is 42.6 Å². The second kappa shape index (κ2) is 12.8. The molecule has 0 aromatic heterocycles. The minimum absolute atomic E-state index is 0.201. The summed E-state index contributed by atoms with van der Waals surface area (Å²) in [7, 11) is 1.31. The van der Waals surface area contributed by atoms with E-state index in [-0.39, 0.29) is 13.2 Å². The molecule has 0 aromatic rings. The van der Waals surface area contributed by atoms with Crippen LogP contribution >= 0.6 is 0 Å². The van der Waals surface area contributed by atoms with Crippen LogP contribution in [0.25, 0.3) is 0 Å². The first-order chi connectivity index (χ1) is 16.4. The fourth-order valence-electron chi connectivity index (χ4n) is 3.67. The van der Waals surface area contributed by atoms with Gasteiger partial charge in [0, 0.05) is 41.7 Å². The highest BCUT2D eigenvalue weighted by molar-refractivity contribution is 5.68. The van der Waals surface area contributed by atoms with Crippen molar-refractivity contribution in [2.75, 3.05) is 20.3 Å². The molecule has 0 spiro atoms. The summed E-state index contributed by atoms with van der Waals surface area (Å²) in [4.78, 5) is 58.2. The van der Waals surface area contributed by atoms with Crippen LogP contribution in [-0.2, 0) is 66.6 Å². The number of methoxy groups -OCH3 is 1. The van der Waals surface area contributed by atoms with Crippen molar-refractivity contribution >= 4 is 29.8 Å². The summed E-state index contributed by atoms with van der Waals surface area (Å²) < 4.78 is 48.6. The summed E-state index contributed by atoms with van der Waals surface area (Å²) in [6.07, 6.45) is -9.44. The number of ether oxygens (including phenoxy) is 9. The van der Waals surface area contributed by atoms with Gasteiger partial charge in [0.05, 0.1) is 6.61 Å². The summed E-state index contributed by atoms with van der Waals surface area (Å²) in [6, 6.07) is 0. The highest BCUT2D eigenvalue weighted by atomic mass is 16.8. The van der Waals surface area contributed by atoms with Crippen LogP contribution in [0.15, 0.2) is 0 Å². The molecule has 0 aliphatic carbocycles. The van der Waals surface area contributed by atoms with E-state index in [0.717, 1.165) is 27.7 Å². The molecule has 2 aliphatic heterocycles. The number of carbonyl (C=O) groups is 5. The van der Waals surface area contributed by atoms with Crippen molar-refractivity contribution in [2.45, 2.75) is 83.8 Å². The van der Waals surface area contributed by atoms with Gasteiger partial charge in [0.15, 0.2) is 37.0 Å². The van der Waals surface area contributed by atoms with Gasteiger partial charge in [-0.15, -0.1) is 0 Å². The molecule has 8 atom stereocenters. The fraction of sp³-hybridized carbons (Fsp3) is 0.762. The summed E-state index contributed by atoms with van der Waals surface area (Å²) in [6.45, 7) is 5.22. The maximum absolute atomic E-state index is 11.8. The van der Waals surface area contributed by atoms with E-state index in [1.165, 1.54) is 14.0 Å². The predicted octanol–water partition coefficient (Wildman–Crippen LogP) is -0.611. The van der Waals surface area contributed by atoms with E-state index in [1.54, 1.807) is 0 Å². The molecule has 0 amide bonds. The Morgan fingerprint density at radius 2 is 1.17 bits per heavy atom. The van der Waals surface area contributed by atoms with Crippen molar-refractivity contribution in [3.05, 3.63) is 0 Å². The number of esters is 5. The lowest BCUT2D eigenvalue weighted by atomic mass is 10.0. The van der Waals surface area contributed by atoms with Gasteiger partial charge >= 0.3 is 29.8 Å². The van der Waals surface area contributed by atoms with Crippen molar-refractivity contribution in [1.82, 2.24) is 0 Å². The molecule has 35 heavy (non-hydrogen) atoms. The summed E-state index contributed by atoms with van der Waals surface area (Å²) in [5.41, 5.74) is 0. The third kappa shape index (κ3) is 8.13. The van der Waals surface area contributed by atoms with E-state index in [9.17, 15) is 24.0 Å². The first kappa shape index (κ1) is 28.4. The molecule has 2 rings (SSSR count). The van der Waals surface area contributed by atoms with E-state index < -0.39 is 79.1 Å². The standard InChI is InChI=1S/C21H30O14/c1-9(22)28-7-14-17(31-11(3)24)19(33-13(5)26)21(34-14)35-15-8-29-20(27-6)18(32-12(4)25)16(15)30-10(2)23/h14-21H,7-8H2,1-6H3/t14-,15+,16+,17+,18-,19+,20-,21+/m1/s1. The van der Waals surface area contributed by atoms with Gasteiger partial charge in [-0.05, 0) is 0 Å². The maximum Gasteiger partial charge on any atom is 0.303 e. The molecule has 14 nitrogen and oxygen atoms in total. The maximum atomic E-state index is 11.8. The van der Waals surface area contributed by atoms with Crippen molar-refractivity contribution in [3.8, 4) is 0 Å². The molecule has 0 N–H and O–H groups in total. The minimum atomic E-state index is -1.37. The Hall–Kier alpha value is -2.81. The lowest BCUT2D eigenvalue weighted by Crippen LogP contribution is -2.58. The van der Waals surface area contributed by atoms with E-state index in [2.05, 4.69) is 0 Å². The molecule has 2 heterocycles. The van der Waals surface area contributed by atoms with Crippen molar-refractivity contribution in [3.63, 3.8) is 0 Å². The Morgan fingerprint density at radius 1 is 0.686 bits per heavy atom. The number of hydrogen-bond donors (Lipinski definition) is 0. The molecule has 198 valence electrons. The van der Waals surface area contributed by atoms with E-state index >= 15 is 0 Å². The molecule has 2 saturated heterocycles. The van der Waals surface area contributed by atoms with Gasteiger partial charge in [0.1, 0.15) is 18.8 Å². The molecule has 2 fully saturated rings. The highest BCUT2D eigenvalue weighted by Gasteiger charge is 2.54.